The number of thiophene rings is 1. The van der Waals surface area contributed by atoms with Gasteiger partial charge in [0.1, 0.15) is 5.82 Å². The maximum Gasteiger partial charge on any atom is 0.341 e. The highest BCUT2D eigenvalue weighted by Gasteiger charge is 2.15. The Bertz CT molecular complexity index is 628. The monoisotopic (exact) mass is 307 g/mol. The Balaban J connectivity index is 1.84. The van der Waals surface area contributed by atoms with Crippen LogP contribution in [0.4, 0.5) is 4.39 Å². The molecule has 1 atom stereocenters. The van der Waals surface area contributed by atoms with Crippen molar-refractivity contribution in [2.45, 2.75) is 13.0 Å². The van der Waals surface area contributed by atoms with E-state index in [1.54, 1.807) is 0 Å². The molecule has 0 saturated carbocycles. The number of hydrogen-bond donors (Lipinski definition) is 1. The summed E-state index contributed by atoms with van der Waals surface area (Å²) in [4.78, 5) is 24.3. The van der Waals surface area contributed by atoms with Gasteiger partial charge < -0.3 is 10.1 Å². The molecule has 110 valence electrons. The summed E-state index contributed by atoms with van der Waals surface area (Å²) in [6.07, 6.45) is 0. The predicted molar refractivity (Wildman–Crippen MR) is 77.6 cm³/mol. The molecule has 0 aliphatic rings. The molecular weight excluding hydrogens is 293 g/mol. The van der Waals surface area contributed by atoms with Crippen molar-refractivity contribution in [3.63, 3.8) is 0 Å². The average Bonchev–Trinajstić information content (AvgIpc) is 2.99. The summed E-state index contributed by atoms with van der Waals surface area (Å²) in [6, 6.07) is 9.10. The zero-order chi connectivity index (χ0) is 15.2. The Kier molecular flexibility index (Phi) is 5.05. The lowest BCUT2D eigenvalue weighted by Gasteiger charge is -2.12. The molecule has 0 radical (unpaired) electrons. The van der Waals surface area contributed by atoms with Crippen LogP contribution in [0.15, 0.2) is 41.8 Å². The minimum atomic E-state index is -0.855. The third-order valence-corrected chi connectivity index (χ3v) is 3.83. The van der Waals surface area contributed by atoms with Crippen molar-refractivity contribution in [1.82, 2.24) is 5.32 Å². The molecule has 1 heterocycles. The lowest BCUT2D eigenvalue weighted by atomic mass is 10.2. The van der Waals surface area contributed by atoms with E-state index in [0.29, 0.717) is 0 Å². The molecule has 6 heteroatoms. The van der Waals surface area contributed by atoms with Crippen LogP contribution in [0, 0.1) is 5.82 Å². The fraction of sp³-hybridized carbons (Fsp3) is 0.200. The lowest BCUT2D eigenvalue weighted by Crippen LogP contribution is -2.30. The van der Waals surface area contributed by atoms with Gasteiger partial charge in [-0.2, -0.15) is 0 Å². The van der Waals surface area contributed by atoms with Gasteiger partial charge in [-0.15, -0.1) is 11.3 Å². The molecule has 1 amide bonds. The van der Waals surface area contributed by atoms with Crippen LogP contribution in [-0.4, -0.2) is 18.5 Å². The smallest absolute Gasteiger partial charge is 0.341 e. The van der Waals surface area contributed by atoms with Gasteiger partial charge in [-0.1, -0.05) is 18.2 Å². The molecule has 0 spiro atoms. The predicted octanol–water partition coefficient (Wildman–Crippen LogP) is 2.92. The molecule has 0 aliphatic heterocycles. The van der Waals surface area contributed by atoms with Crippen LogP contribution in [0.2, 0.25) is 0 Å². The molecule has 1 N–H and O–H groups in total. The molecule has 1 aromatic carbocycles. The zero-order valence-electron chi connectivity index (χ0n) is 11.3. The highest BCUT2D eigenvalue weighted by molar-refractivity contribution is 7.10. The topological polar surface area (TPSA) is 55.4 Å². The number of carbonyl (C=O) groups excluding carboxylic acids is 2. The van der Waals surface area contributed by atoms with Crippen molar-refractivity contribution >= 4 is 23.2 Å². The molecule has 21 heavy (non-hydrogen) atoms. The first-order chi connectivity index (χ1) is 10.1. The van der Waals surface area contributed by atoms with Gasteiger partial charge in [0.2, 0.25) is 0 Å². The number of halogens is 1. The summed E-state index contributed by atoms with van der Waals surface area (Å²) >= 11 is 1.52. The Labute approximate surface area is 125 Å². The number of carbonyl (C=O) groups is 2. The first-order valence-electron chi connectivity index (χ1n) is 6.32. The van der Waals surface area contributed by atoms with Gasteiger partial charge in [0.05, 0.1) is 11.6 Å². The van der Waals surface area contributed by atoms with E-state index in [9.17, 15) is 14.0 Å². The molecule has 0 bridgehead atoms. The number of amides is 1. The second-order valence-electron chi connectivity index (χ2n) is 4.36. The highest BCUT2D eigenvalue weighted by Crippen LogP contribution is 2.17. The van der Waals surface area contributed by atoms with E-state index in [1.165, 1.54) is 29.5 Å². The molecule has 0 saturated heterocycles. The molecule has 0 fully saturated rings. The van der Waals surface area contributed by atoms with Gasteiger partial charge in [-0.05, 0) is 30.5 Å². The molecule has 0 unspecified atom stereocenters. The van der Waals surface area contributed by atoms with Crippen LogP contribution in [0.5, 0.6) is 0 Å². The van der Waals surface area contributed by atoms with Gasteiger partial charge in [-0.3, -0.25) is 4.79 Å². The number of benzene rings is 1. The number of nitrogens with one attached hydrogen (secondary N) is 1. The first kappa shape index (κ1) is 15.2. The number of esters is 1. The van der Waals surface area contributed by atoms with Crippen molar-refractivity contribution < 1.29 is 18.7 Å². The Morgan fingerprint density at radius 1 is 1.29 bits per heavy atom. The summed E-state index contributed by atoms with van der Waals surface area (Å²) in [5.74, 6) is -1.96. The van der Waals surface area contributed by atoms with E-state index in [-0.39, 0.29) is 11.6 Å². The Morgan fingerprint density at radius 3 is 2.71 bits per heavy atom. The van der Waals surface area contributed by atoms with Crippen LogP contribution < -0.4 is 5.32 Å². The SMILES string of the molecule is C[C@H](NC(=O)COC(=O)c1ccccc1F)c1cccs1. The van der Waals surface area contributed by atoms with E-state index >= 15 is 0 Å². The van der Waals surface area contributed by atoms with E-state index in [1.807, 2.05) is 24.4 Å². The largest absolute Gasteiger partial charge is 0.452 e. The van der Waals surface area contributed by atoms with E-state index < -0.39 is 24.3 Å². The fourth-order valence-corrected chi connectivity index (χ4v) is 2.46. The Morgan fingerprint density at radius 2 is 2.05 bits per heavy atom. The third-order valence-electron chi connectivity index (χ3n) is 2.78. The summed E-state index contributed by atoms with van der Waals surface area (Å²) in [5.41, 5.74) is -0.184. The van der Waals surface area contributed by atoms with Gasteiger partial charge in [-0.25, -0.2) is 9.18 Å². The highest BCUT2D eigenvalue weighted by atomic mass is 32.1. The standard InChI is InChI=1S/C15H14FNO3S/c1-10(13-7-4-8-21-13)17-14(18)9-20-15(19)11-5-2-3-6-12(11)16/h2-8,10H,9H2,1H3,(H,17,18)/t10-/m0/s1. The molecule has 1 aromatic heterocycles. The van der Waals surface area contributed by atoms with Gasteiger partial charge in [0.25, 0.3) is 5.91 Å². The lowest BCUT2D eigenvalue weighted by molar-refractivity contribution is -0.124. The van der Waals surface area contributed by atoms with Crippen LogP contribution >= 0.6 is 11.3 Å². The summed E-state index contributed by atoms with van der Waals surface area (Å²) in [7, 11) is 0. The summed E-state index contributed by atoms with van der Waals surface area (Å²) in [5, 5.41) is 4.62. The average molecular weight is 307 g/mol. The maximum absolute atomic E-state index is 13.4. The van der Waals surface area contributed by atoms with Crippen molar-refractivity contribution in [2.24, 2.45) is 0 Å². The van der Waals surface area contributed by atoms with Crippen molar-refractivity contribution in [3.05, 3.63) is 58.0 Å². The molecule has 0 aliphatic carbocycles. The van der Waals surface area contributed by atoms with E-state index in [4.69, 9.17) is 4.74 Å². The van der Waals surface area contributed by atoms with Gasteiger partial charge in [0.15, 0.2) is 6.61 Å². The second-order valence-corrected chi connectivity index (χ2v) is 5.34. The fourth-order valence-electron chi connectivity index (χ4n) is 1.73. The third kappa shape index (κ3) is 4.13. The maximum atomic E-state index is 13.4. The molecule has 2 rings (SSSR count). The minimum absolute atomic E-state index is 0.162. The number of ether oxygens (including phenoxy) is 1. The van der Waals surface area contributed by atoms with Crippen LogP contribution in [0.3, 0.4) is 0 Å². The first-order valence-corrected chi connectivity index (χ1v) is 7.20. The van der Waals surface area contributed by atoms with Crippen LogP contribution in [0.25, 0.3) is 0 Å². The molecular formula is C15H14FNO3S. The number of rotatable bonds is 5. The quantitative estimate of drug-likeness (QED) is 0.864. The summed E-state index contributed by atoms with van der Waals surface area (Å²) < 4.78 is 18.2. The van der Waals surface area contributed by atoms with E-state index in [0.717, 1.165) is 10.9 Å². The van der Waals surface area contributed by atoms with Crippen molar-refractivity contribution in [1.29, 1.82) is 0 Å². The van der Waals surface area contributed by atoms with Crippen LogP contribution in [0.1, 0.15) is 28.2 Å². The Hall–Kier alpha value is -2.21. The minimum Gasteiger partial charge on any atom is -0.452 e. The number of hydrogen-bond acceptors (Lipinski definition) is 4. The second kappa shape index (κ2) is 6.99. The molecule has 2 aromatic rings. The van der Waals surface area contributed by atoms with Gasteiger partial charge in [0, 0.05) is 4.88 Å². The normalized spacial score (nSPS) is 11.7. The zero-order valence-corrected chi connectivity index (χ0v) is 12.2. The van der Waals surface area contributed by atoms with Gasteiger partial charge >= 0.3 is 5.97 Å². The van der Waals surface area contributed by atoms with E-state index in [2.05, 4.69) is 5.32 Å². The molecule has 4 nitrogen and oxygen atoms in total. The van der Waals surface area contributed by atoms with Crippen molar-refractivity contribution in [3.8, 4) is 0 Å². The van der Waals surface area contributed by atoms with Crippen LogP contribution in [-0.2, 0) is 9.53 Å². The summed E-state index contributed by atoms with van der Waals surface area (Å²) in [6.45, 7) is 1.39. The van der Waals surface area contributed by atoms with Crippen molar-refractivity contribution in [2.75, 3.05) is 6.61 Å².